The first-order valence-corrected chi connectivity index (χ1v) is 5.78. The second-order valence-electron chi connectivity index (χ2n) is 4.21. The average Bonchev–Trinajstić information content (AvgIpc) is 2.75. The van der Waals surface area contributed by atoms with Crippen LogP contribution in [-0.4, -0.2) is 35.4 Å². The van der Waals surface area contributed by atoms with Crippen LogP contribution in [0.4, 0.5) is 4.39 Å². The fourth-order valence-electron chi connectivity index (χ4n) is 1.83. The van der Waals surface area contributed by atoms with E-state index in [2.05, 4.69) is 5.32 Å². The fraction of sp³-hybridized carbons (Fsp3) is 0.308. The Morgan fingerprint density at radius 3 is 2.68 bits per heavy atom. The van der Waals surface area contributed by atoms with Crippen LogP contribution in [0.1, 0.15) is 16.1 Å². The summed E-state index contributed by atoms with van der Waals surface area (Å²) in [6.45, 7) is 0.860. The molecule has 3 N–H and O–H groups in total. The number of aliphatic hydroxyl groups excluding tert-OH is 2. The molecule has 1 aromatic carbocycles. The number of carbonyl (C=O) groups is 1. The van der Waals surface area contributed by atoms with E-state index in [1.54, 1.807) is 13.0 Å². The Balaban J connectivity index is 2.38. The van der Waals surface area contributed by atoms with Crippen LogP contribution >= 0.6 is 0 Å². The van der Waals surface area contributed by atoms with E-state index in [9.17, 15) is 9.18 Å². The number of halogens is 1. The molecule has 0 radical (unpaired) electrons. The molecule has 19 heavy (non-hydrogen) atoms. The highest BCUT2D eigenvalue weighted by Gasteiger charge is 2.21. The second kappa shape index (κ2) is 5.38. The van der Waals surface area contributed by atoms with Crippen molar-refractivity contribution in [3.05, 3.63) is 35.3 Å². The first kappa shape index (κ1) is 13.5. The average molecular weight is 267 g/mol. The predicted molar refractivity (Wildman–Crippen MR) is 66.3 cm³/mol. The van der Waals surface area contributed by atoms with Gasteiger partial charge in [0.2, 0.25) is 0 Å². The number of hydrogen-bond acceptors (Lipinski definition) is 4. The van der Waals surface area contributed by atoms with Gasteiger partial charge in [-0.15, -0.1) is 0 Å². The van der Waals surface area contributed by atoms with E-state index in [4.69, 9.17) is 14.6 Å². The highest BCUT2D eigenvalue weighted by Crippen LogP contribution is 2.27. The molecule has 0 spiro atoms. The number of benzene rings is 1. The Labute approximate surface area is 108 Å². The van der Waals surface area contributed by atoms with Gasteiger partial charge >= 0.3 is 0 Å². The fourth-order valence-corrected chi connectivity index (χ4v) is 1.83. The summed E-state index contributed by atoms with van der Waals surface area (Å²) in [5.74, 6) is -1.16. The summed E-state index contributed by atoms with van der Waals surface area (Å²) in [7, 11) is 0. The number of carbonyl (C=O) groups excluding carboxylic acids is 1. The van der Waals surface area contributed by atoms with Crippen LogP contribution in [0, 0.1) is 12.7 Å². The third kappa shape index (κ3) is 2.45. The van der Waals surface area contributed by atoms with Gasteiger partial charge in [-0.1, -0.05) is 12.1 Å². The van der Waals surface area contributed by atoms with E-state index in [1.165, 1.54) is 12.1 Å². The number of aliphatic hydroxyl groups is 2. The minimum Gasteiger partial charge on any atom is -0.448 e. The van der Waals surface area contributed by atoms with E-state index < -0.39 is 31.0 Å². The van der Waals surface area contributed by atoms with Crippen LogP contribution in [0.25, 0.3) is 11.0 Å². The normalized spacial score (nSPS) is 11.2. The van der Waals surface area contributed by atoms with Gasteiger partial charge in [-0.2, -0.15) is 0 Å². The number of amides is 1. The molecule has 0 aliphatic heterocycles. The molecule has 0 saturated carbocycles. The molecule has 0 bridgehead atoms. The Kier molecular flexibility index (Phi) is 3.82. The third-order valence-corrected chi connectivity index (χ3v) is 2.90. The van der Waals surface area contributed by atoms with E-state index in [-0.39, 0.29) is 11.3 Å². The van der Waals surface area contributed by atoms with Gasteiger partial charge in [0.1, 0.15) is 0 Å². The zero-order chi connectivity index (χ0) is 14.0. The summed E-state index contributed by atoms with van der Waals surface area (Å²) in [4.78, 5) is 11.9. The van der Waals surface area contributed by atoms with Crippen LogP contribution in [0.15, 0.2) is 22.6 Å². The second-order valence-corrected chi connectivity index (χ2v) is 4.21. The zero-order valence-electron chi connectivity index (χ0n) is 10.3. The SMILES string of the molecule is Cc1c(C(=O)NC(CO)CO)oc2c(F)cccc12. The standard InChI is InChI=1S/C13H14FNO4/c1-7-9-3-2-4-10(14)12(9)19-11(7)13(18)15-8(5-16)6-17/h2-4,8,16-17H,5-6H2,1H3,(H,15,18). The molecule has 6 heteroatoms. The summed E-state index contributed by atoms with van der Waals surface area (Å²) < 4.78 is 18.8. The number of aryl methyl sites for hydroxylation is 1. The molecule has 102 valence electrons. The monoisotopic (exact) mass is 267 g/mol. The molecule has 0 saturated heterocycles. The molecule has 0 fully saturated rings. The molecule has 0 atom stereocenters. The van der Waals surface area contributed by atoms with E-state index in [0.717, 1.165) is 0 Å². The number of nitrogens with one attached hydrogen (secondary N) is 1. The predicted octanol–water partition coefficient (Wildman–Crippen LogP) is 0.963. The Hall–Kier alpha value is -1.92. The van der Waals surface area contributed by atoms with Gasteiger partial charge in [0.25, 0.3) is 5.91 Å². The van der Waals surface area contributed by atoms with Crippen molar-refractivity contribution in [1.82, 2.24) is 5.32 Å². The van der Waals surface area contributed by atoms with Crippen LogP contribution < -0.4 is 5.32 Å². The number of rotatable bonds is 4. The molecule has 1 amide bonds. The molecule has 2 rings (SSSR count). The van der Waals surface area contributed by atoms with Crippen molar-refractivity contribution in [1.29, 1.82) is 0 Å². The lowest BCUT2D eigenvalue weighted by molar-refractivity contribution is 0.0853. The highest BCUT2D eigenvalue weighted by atomic mass is 19.1. The van der Waals surface area contributed by atoms with Gasteiger partial charge in [-0.3, -0.25) is 4.79 Å². The van der Waals surface area contributed by atoms with Gasteiger partial charge in [0.05, 0.1) is 19.3 Å². The Morgan fingerprint density at radius 1 is 1.42 bits per heavy atom. The highest BCUT2D eigenvalue weighted by molar-refractivity contribution is 5.99. The van der Waals surface area contributed by atoms with Gasteiger partial charge in [0, 0.05) is 10.9 Å². The first-order chi connectivity index (χ1) is 9.08. The number of hydrogen-bond donors (Lipinski definition) is 3. The third-order valence-electron chi connectivity index (χ3n) is 2.90. The number of para-hydroxylation sites is 1. The lowest BCUT2D eigenvalue weighted by Gasteiger charge is -2.12. The lowest BCUT2D eigenvalue weighted by atomic mass is 10.1. The maximum Gasteiger partial charge on any atom is 0.287 e. The lowest BCUT2D eigenvalue weighted by Crippen LogP contribution is -2.40. The van der Waals surface area contributed by atoms with Gasteiger partial charge < -0.3 is 19.9 Å². The number of fused-ring (bicyclic) bond motifs is 1. The molecule has 1 aromatic heterocycles. The summed E-state index contributed by atoms with van der Waals surface area (Å²) in [5.41, 5.74) is 0.538. The summed E-state index contributed by atoms with van der Waals surface area (Å²) in [6, 6.07) is 3.66. The molecule has 0 unspecified atom stereocenters. The van der Waals surface area contributed by atoms with Crippen molar-refractivity contribution in [2.75, 3.05) is 13.2 Å². The Morgan fingerprint density at radius 2 is 2.11 bits per heavy atom. The molecule has 1 heterocycles. The zero-order valence-corrected chi connectivity index (χ0v) is 10.3. The topological polar surface area (TPSA) is 82.7 Å². The van der Waals surface area contributed by atoms with E-state index >= 15 is 0 Å². The first-order valence-electron chi connectivity index (χ1n) is 5.78. The maximum absolute atomic E-state index is 13.5. The molecule has 0 aliphatic rings. The van der Waals surface area contributed by atoms with Crippen molar-refractivity contribution >= 4 is 16.9 Å². The molecule has 2 aromatic rings. The van der Waals surface area contributed by atoms with Crippen molar-refractivity contribution in [3.63, 3.8) is 0 Å². The van der Waals surface area contributed by atoms with Gasteiger partial charge in [0.15, 0.2) is 17.2 Å². The van der Waals surface area contributed by atoms with Crippen molar-refractivity contribution in [3.8, 4) is 0 Å². The minimum atomic E-state index is -0.773. The molecule has 5 nitrogen and oxygen atoms in total. The Bertz CT molecular complexity index is 604. The summed E-state index contributed by atoms with van der Waals surface area (Å²) >= 11 is 0. The van der Waals surface area contributed by atoms with Crippen LogP contribution in [0.2, 0.25) is 0 Å². The van der Waals surface area contributed by atoms with Crippen molar-refractivity contribution in [2.45, 2.75) is 13.0 Å². The van der Waals surface area contributed by atoms with E-state index in [1.807, 2.05) is 0 Å². The smallest absolute Gasteiger partial charge is 0.287 e. The van der Waals surface area contributed by atoms with Crippen molar-refractivity contribution < 1.29 is 23.8 Å². The minimum absolute atomic E-state index is 0.0213. The van der Waals surface area contributed by atoms with E-state index in [0.29, 0.717) is 10.9 Å². The maximum atomic E-state index is 13.5. The summed E-state index contributed by atoms with van der Waals surface area (Å²) in [6.07, 6.45) is 0. The van der Waals surface area contributed by atoms with Crippen LogP contribution in [-0.2, 0) is 0 Å². The molecule has 0 aliphatic carbocycles. The number of furan rings is 1. The molecular weight excluding hydrogens is 253 g/mol. The largest absolute Gasteiger partial charge is 0.448 e. The quantitative estimate of drug-likeness (QED) is 0.770. The van der Waals surface area contributed by atoms with Crippen molar-refractivity contribution in [2.24, 2.45) is 0 Å². The summed E-state index contributed by atoms with van der Waals surface area (Å²) in [5, 5.41) is 20.7. The molecular formula is C13H14FNO4. The van der Waals surface area contributed by atoms with Crippen LogP contribution in [0.3, 0.4) is 0 Å². The van der Waals surface area contributed by atoms with Crippen LogP contribution in [0.5, 0.6) is 0 Å². The van der Waals surface area contributed by atoms with Gasteiger partial charge in [-0.05, 0) is 13.0 Å². The van der Waals surface area contributed by atoms with Gasteiger partial charge in [-0.25, -0.2) is 4.39 Å².